The topological polar surface area (TPSA) is 105 Å². The number of nitro groups is 1. The lowest BCUT2D eigenvalue weighted by molar-refractivity contribution is -0.384. The van der Waals surface area contributed by atoms with Crippen LogP contribution in [0.5, 0.6) is 11.5 Å². The minimum absolute atomic E-state index is 0.0643. The number of nitro benzene ring substituents is 1. The van der Waals surface area contributed by atoms with Crippen molar-refractivity contribution in [1.29, 1.82) is 0 Å². The summed E-state index contributed by atoms with van der Waals surface area (Å²) in [6.45, 7) is 0. The molecular weight excluding hydrogens is 318 g/mol. The van der Waals surface area contributed by atoms with Gasteiger partial charge in [0.1, 0.15) is 17.1 Å². The molecule has 124 valence electrons. The summed E-state index contributed by atoms with van der Waals surface area (Å²) in [4.78, 5) is 33.6. The van der Waals surface area contributed by atoms with E-state index < -0.39 is 16.9 Å². The SMILES string of the molecule is COC(=O)c1cccc(Oc2ccc([N+](=O)[O-])cc2C(=O)OC)c1. The molecule has 0 N–H and O–H groups in total. The van der Waals surface area contributed by atoms with Gasteiger partial charge < -0.3 is 14.2 Å². The van der Waals surface area contributed by atoms with E-state index >= 15 is 0 Å². The van der Waals surface area contributed by atoms with E-state index in [-0.39, 0.29) is 28.3 Å². The Kier molecular flexibility index (Phi) is 5.10. The zero-order chi connectivity index (χ0) is 17.7. The molecule has 8 nitrogen and oxygen atoms in total. The van der Waals surface area contributed by atoms with Crippen LogP contribution in [-0.2, 0) is 9.47 Å². The second kappa shape index (κ2) is 7.23. The molecule has 0 radical (unpaired) electrons. The molecule has 0 saturated carbocycles. The van der Waals surface area contributed by atoms with E-state index in [4.69, 9.17) is 4.74 Å². The fourth-order valence-corrected chi connectivity index (χ4v) is 1.92. The van der Waals surface area contributed by atoms with Gasteiger partial charge in [-0.25, -0.2) is 9.59 Å². The number of nitrogens with zero attached hydrogens (tertiary/aromatic N) is 1. The van der Waals surface area contributed by atoms with Gasteiger partial charge in [0.15, 0.2) is 0 Å². The molecule has 0 fully saturated rings. The molecule has 0 aromatic heterocycles. The van der Waals surface area contributed by atoms with E-state index in [0.29, 0.717) is 0 Å². The summed E-state index contributed by atoms with van der Waals surface area (Å²) >= 11 is 0. The van der Waals surface area contributed by atoms with E-state index in [1.165, 1.54) is 31.4 Å². The van der Waals surface area contributed by atoms with E-state index in [0.717, 1.165) is 13.2 Å². The summed E-state index contributed by atoms with van der Waals surface area (Å²) in [6.07, 6.45) is 0. The van der Waals surface area contributed by atoms with Crippen molar-refractivity contribution in [3.8, 4) is 11.5 Å². The fourth-order valence-electron chi connectivity index (χ4n) is 1.92. The molecule has 0 spiro atoms. The molecule has 0 amide bonds. The highest BCUT2D eigenvalue weighted by Crippen LogP contribution is 2.29. The molecule has 24 heavy (non-hydrogen) atoms. The molecule has 0 aliphatic heterocycles. The van der Waals surface area contributed by atoms with Gasteiger partial charge in [-0.05, 0) is 24.3 Å². The average molecular weight is 331 g/mol. The van der Waals surface area contributed by atoms with Crippen molar-refractivity contribution in [3.63, 3.8) is 0 Å². The molecule has 0 heterocycles. The Morgan fingerprint density at radius 1 is 1.00 bits per heavy atom. The maximum absolute atomic E-state index is 11.8. The Balaban J connectivity index is 2.40. The minimum atomic E-state index is -0.780. The first-order valence-electron chi connectivity index (χ1n) is 6.69. The third kappa shape index (κ3) is 3.67. The molecule has 2 rings (SSSR count). The van der Waals surface area contributed by atoms with Crippen molar-refractivity contribution in [3.05, 3.63) is 63.7 Å². The smallest absolute Gasteiger partial charge is 0.341 e. The highest BCUT2D eigenvalue weighted by Gasteiger charge is 2.19. The standard InChI is InChI=1S/C16H13NO7/c1-22-15(18)10-4-3-5-12(8-10)24-14-7-6-11(17(20)21)9-13(14)16(19)23-2/h3-9H,1-2H3. The minimum Gasteiger partial charge on any atom is -0.465 e. The molecule has 0 unspecified atom stereocenters. The van der Waals surface area contributed by atoms with Crippen LogP contribution < -0.4 is 4.74 Å². The number of ether oxygens (including phenoxy) is 3. The van der Waals surface area contributed by atoms with Gasteiger partial charge in [0.05, 0.1) is 24.7 Å². The van der Waals surface area contributed by atoms with Crippen LogP contribution in [0.4, 0.5) is 5.69 Å². The third-order valence-corrected chi connectivity index (χ3v) is 3.06. The molecule has 0 bridgehead atoms. The van der Waals surface area contributed by atoms with Gasteiger partial charge in [-0.2, -0.15) is 0 Å². The molecular formula is C16H13NO7. The number of hydrogen-bond acceptors (Lipinski definition) is 7. The van der Waals surface area contributed by atoms with Crippen molar-refractivity contribution in [2.45, 2.75) is 0 Å². The predicted octanol–water partition coefficient (Wildman–Crippen LogP) is 2.96. The zero-order valence-corrected chi connectivity index (χ0v) is 12.8. The zero-order valence-electron chi connectivity index (χ0n) is 12.8. The number of benzene rings is 2. The summed E-state index contributed by atoms with van der Waals surface area (Å²) in [7, 11) is 2.41. The summed E-state index contributed by atoms with van der Waals surface area (Å²) in [5.41, 5.74) is -0.113. The van der Waals surface area contributed by atoms with Crippen molar-refractivity contribution in [2.24, 2.45) is 0 Å². The average Bonchev–Trinajstić information content (AvgIpc) is 2.60. The Bertz CT molecular complexity index is 801. The largest absolute Gasteiger partial charge is 0.465 e. The summed E-state index contributed by atoms with van der Waals surface area (Å²) in [5, 5.41) is 10.8. The first-order chi connectivity index (χ1) is 11.5. The summed E-state index contributed by atoms with van der Waals surface area (Å²) in [6, 6.07) is 9.65. The first-order valence-corrected chi connectivity index (χ1v) is 6.69. The van der Waals surface area contributed by atoms with Crippen LogP contribution in [0, 0.1) is 10.1 Å². The maximum atomic E-state index is 11.8. The van der Waals surface area contributed by atoms with Crippen LogP contribution in [0.15, 0.2) is 42.5 Å². The highest BCUT2D eigenvalue weighted by molar-refractivity contribution is 5.93. The monoisotopic (exact) mass is 331 g/mol. The molecule has 0 aliphatic rings. The Morgan fingerprint density at radius 2 is 1.71 bits per heavy atom. The van der Waals surface area contributed by atoms with Crippen LogP contribution in [0.3, 0.4) is 0 Å². The van der Waals surface area contributed by atoms with E-state index in [9.17, 15) is 19.7 Å². The van der Waals surface area contributed by atoms with E-state index in [2.05, 4.69) is 9.47 Å². The molecule has 2 aromatic carbocycles. The number of carbonyl (C=O) groups excluding carboxylic acids is 2. The quantitative estimate of drug-likeness (QED) is 0.471. The lowest BCUT2D eigenvalue weighted by atomic mass is 10.1. The Morgan fingerprint density at radius 3 is 2.33 bits per heavy atom. The van der Waals surface area contributed by atoms with Gasteiger partial charge in [0.2, 0.25) is 0 Å². The highest BCUT2D eigenvalue weighted by atomic mass is 16.6. The molecule has 0 saturated heterocycles. The van der Waals surface area contributed by atoms with Gasteiger partial charge in [0.25, 0.3) is 5.69 Å². The molecule has 2 aromatic rings. The van der Waals surface area contributed by atoms with Gasteiger partial charge >= 0.3 is 11.9 Å². The van der Waals surface area contributed by atoms with Crippen LogP contribution >= 0.6 is 0 Å². The van der Waals surface area contributed by atoms with Crippen LogP contribution in [0.25, 0.3) is 0 Å². The second-order valence-corrected chi connectivity index (χ2v) is 4.55. The van der Waals surface area contributed by atoms with Gasteiger partial charge in [-0.15, -0.1) is 0 Å². The van der Waals surface area contributed by atoms with Crippen molar-refractivity contribution >= 4 is 17.6 Å². The lowest BCUT2D eigenvalue weighted by Gasteiger charge is -2.10. The number of esters is 2. The normalized spacial score (nSPS) is 9.92. The number of methoxy groups -OCH3 is 2. The number of rotatable bonds is 5. The second-order valence-electron chi connectivity index (χ2n) is 4.55. The van der Waals surface area contributed by atoms with Crippen molar-refractivity contribution in [2.75, 3.05) is 14.2 Å². The number of non-ortho nitro benzene ring substituents is 1. The third-order valence-electron chi connectivity index (χ3n) is 3.06. The van der Waals surface area contributed by atoms with Gasteiger partial charge in [-0.3, -0.25) is 10.1 Å². The maximum Gasteiger partial charge on any atom is 0.341 e. The van der Waals surface area contributed by atoms with Crippen LogP contribution in [-0.4, -0.2) is 31.1 Å². The van der Waals surface area contributed by atoms with Crippen LogP contribution in [0.1, 0.15) is 20.7 Å². The predicted molar refractivity (Wildman–Crippen MR) is 82.3 cm³/mol. The van der Waals surface area contributed by atoms with E-state index in [1.54, 1.807) is 12.1 Å². The summed E-state index contributed by atoms with van der Waals surface area (Å²) in [5.74, 6) is -0.999. The molecule has 0 atom stereocenters. The van der Waals surface area contributed by atoms with Crippen molar-refractivity contribution in [1.82, 2.24) is 0 Å². The van der Waals surface area contributed by atoms with Crippen LogP contribution in [0.2, 0.25) is 0 Å². The Hall–Kier alpha value is -3.42. The lowest BCUT2D eigenvalue weighted by Crippen LogP contribution is -2.05. The van der Waals surface area contributed by atoms with Gasteiger partial charge in [-0.1, -0.05) is 6.07 Å². The molecule has 0 aliphatic carbocycles. The van der Waals surface area contributed by atoms with E-state index in [1.807, 2.05) is 0 Å². The molecule has 8 heteroatoms. The first kappa shape index (κ1) is 16.9. The van der Waals surface area contributed by atoms with Gasteiger partial charge in [0, 0.05) is 12.1 Å². The Labute approximate surface area is 136 Å². The van der Waals surface area contributed by atoms with Crippen molar-refractivity contribution < 1.29 is 28.7 Å². The summed E-state index contributed by atoms with van der Waals surface area (Å²) < 4.78 is 14.8. The fraction of sp³-hybridized carbons (Fsp3) is 0.125. The number of hydrogen-bond donors (Lipinski definition) is 0. The number of carbonyl (C=O) groups is 2.